The maximum absolute atomic E-state index is 14.8. The zero-order valence-electron chi connectivity index (χ0n) is 33.0. The molecule has 2 saturated carbocycles. The van der Waals surface area contributed by atoms with Gasteiger partial charge in [0.05, 0.1) is 43.6 Å². The molecule has 0 radical (unpaired) electrons. The van der Waals surface area contributed by atoms with Gasteiger partial charge in [0.15, 0.2) is 11.4 Å². The first-order valence-electron chi connectivity index (χ1n) is 20.4. The molecule has 1 unspecified atom stereocenters. The van der Waals surface area contributed by atoms with E-state index in [1.165, 1.54) is 31.1 Å². The van der Waals surface area contributed by atoms with Crippen LogP contribution in [-0.2, 0) is 51.3 Å². The Labute approximate surface area is 340 Å². The van der Waals surface area contributed by atoms with Crippen LogP contribution in [0.3, 0.4) is 0 Å². The molecular weight excluding hydrogens is 798 g/mol. The number of rotatable bonds is 7. The Balaban J connectivity index is 1.15. The minimum atomic E-state index is -4.92. The minimum absolute atomic E-state index is 0.0794. The summed E-state index contributed by atoms with van der Waals surface area (Å²) < 4.78 is 94.5. The predicted molar refractivity (Wildman–Crippen MR) is 204 cm³/mol. The fourth-order valence-corrected chi connectivity index (χ4v) is 10.3. The Morgan fingerprint density at radius 2 is 1.90 bits per heavy atom. The maximum atomic E-state index is 14.8. The Hall–Kier alpha value is -4.45. The molecule has 1 aromatic carbocycles. The quantitative estimate of drug-likeness (QED) is 0.293. The first kappa shape index (κ1) is 41.3. The summed E-state index contributed by atoms with van der Waals surface area (Å²) in [5.74, 6) is -4.45. The number of hydrogen-bond donors (Lipinski definition) is 2. The second-order valence-electron chi connectivity index (χ2n) is 17.2. The number of benzene rings is 1. The molecule has 2 aliphatic carbocycles. The zero-order valence-corrected chi connectivity index (χ0v) is 33.8. The van der Waals surface area contributed by atoms with Crippen molar-refractivity contribution in [2.75, 3.05) is 26.9 Å². The number of carbonyl (C=O) groups is 4. The molecule has 320 valence electrons. The summed E-state index contributed by atoms with van der Waals surface area (Å²) in [7, 11) is -2.65. The lowest BCUT2D eigenvalue weighted by atomic mass is 9.87. The average Bonchev–Trinajstić information content (AvgIpc) is 3.98. The summed E-state index contributed by atoms with van der Waals surface area (Å²) in [4.78, 5) is 62.0. The molecule has 2 saturated heterocycles. The molecule has 1 aromatic heterocycles. The second kappa shape index (κ2) is 15.2. The second-order valence-corrected chi connectivity index (χ2v) is 19.4. The number of pyridine rings is 1. The van der Waals surface area contributed by atoms with Crippen molar-refractivity contribution in [1.29, 1.82) is 0 Å². The molecule has 6 atom stereocenters. The van der Waals surface area contributed by atoms with Crippen molar-refractivity contribution in [2.24, 2.45) is 11.8 Å². The van der Waals surface area contributed by atoms with Gasteiger partial charge in [0.2, 0.25) is 21.8 Å². The zero-order chi connectivity index (χ0) is 42.0. The molecule has 4 aliphatic heterocycles. The molecule has 0 bridgehead atoms. The minimum Gasteiger partial charge on any atom is -0.497 e. The van der Waals surface area contributed by atoms with Gasteiger partial charge in [-0.3, -0.25) is 23.9 Å². The topological polar surface area (TPSA) is 180 Å². The van der Waals surface area contributed by atoms with Gasteiger partial charge < -0.3 is 29.2 Å². The number of amides is 3. The van der Waals surface area contributed by atoms with Crippen LogP contribution in [0, 0.1) is 11.8 Å². The van der Waals surface area contributed by atoms with Crippen LogP contribution in [0.15, 0.2) is 30.4 Å². The standard InChI is InChI=1S/C41H49F3N4O10S/c1-38(15-16-38)59(53,54)47-37(52)40-20-25(40)9-7-5-3-4-6-8-24(18-32(49)57-27-13-17-56-22-27)36(51)48-23-39(21-31(48)35(50)46-40)14-12-28-29-19-26(55-2)10-11-30(29)45-34(33(28)58-39)41(42,43)44/h7,9-11,19,24-25,27,31H,3-6,8,12-18,20-23H2,1-2H3,(H,46,50)(H,47,52)/b9-7-/t24-,25-,27?,31+,39-,40-/m1/s1. The molecule has 59 heavy (non-hydrogen) atoms. The van der Waals surface area contributed by atoms with E-state index in [9.17, 15) is 40.8 Å². The van der Waals surface area contributed by atoms with Crippen molar-refractivity contribution in [1.82, 2.24) is 19.9 Å². The van der Waals surface area contributed by atoms with Gasteiger partial charge in [-0.15, -0.1) is 0 Å². The smallest absolute Gasteiger partial charge is 0.437 e. The number of ether oxygens (including phenoxy) is 4. The number of nitrogens with one attached hydrogen (secondary N) is 2. The molecule has 2 N–H and O–H groups in total. The van der Waals surface area contributed by atoms with E-state index in [1.54, 1.807) is 12.1 Å². The third kappa shape index (κ3) is 7.98. The number of aromatic nitrogens is 1. The Morgan fingerprint density at radius 3 is 2.61 bits per heavy atom. The first-order chi connectivity index (χ1) is 28.0. The van der Waals surface area contributed by atoms with Crippen LogP contribution in [-0.4, -0.2) is 96.9 Å². The molecule has 4 fully saturated rings. The fraction of sp³-hybridized carbons (Fsp3) is 0.634. The molecule has 2 aromatic rings. The predicted octanol–water partition coefficient (Wildman–Crippen LogP) is 4.66. The van der Waals surface area contributed by atoms with Gasteiger partial charge in [0.25, 0.3) is 5.91 Å². The SMILES string of the molecule is COc1ccc2nc(C(F)(F)F)c3c(c2c1)CC[C@]1(C[C@H]2C(=O)N[C@]4(C(=O)NS(=O)(=O)C5(C)CC5)C[C@H]4/C=C\CCCCC[C@H](CC(=O)OC4CCOC4)C(=O)N2C1)O3. The van der Waals surface area contributed by atoms with Crippen LogP contribution in [0.4, 0.5) is 13.2 Å². The lowest BCUT2D eigenvalue weighted by molar-refractivity contribution is -0.154. The number of nitrogens with zero attached hydrogens (tertiary/aromatic N) is 2. The number of esters is 1. The lowest BCUT2D eigenvalue weighted by Crippen LogP contribution is -2.57. The van der Waals surface area contributed by atoms with Gasteiger partial charge in [-0.1, -0.05) is 25.0 Å². The van der Waals surface area contributed by atoms with E-state index in [-0.39, 0.29) is 62.8 Å². The van der Waals surface area contributed by atoms with Crippen LogP contribution in [0.2, 0.25) is 0 Å². The Morgan fingerprint density at radius 1 is 1.10 bits per heavy atom. The monoisotopic (exact) mass is 846 g/mol. The highest BCUT2D eigenvalue weighted by atomic mass is 32.2. The highest BCUT2D eigenvalue weighted by Gasteiger charge is 2.64. The van der Waals surface area contributed by atoms with Crippen LogP contribution >= 0.6 is 0 Å². The normalized spacial score (nSPS) is 31.1. The molecule has 1 spiro atoms. The number of sulfonamides is 1. The van der Waals surface area contributed by atoms with Gasteiger partial charge in [0, 0.05) is 35.6 Å². The van der Waals surface area contributed by atoms with Crippen LogP contribution in [0.1, 0.15) is 95.2 Å². The fourth-order valence-electron chi connectivity index (χ4n) is 9.00. The Kier molecular flexibility index (Phi) is 10.7. The van der Waals surface area contributed by atoms with Gasteiger partial charge in [-0.05, 0) is 76.5 Å². The number of halogens is 3. The van der Waals surface area contributed by atoms with E-state index in [2.05, 4.69) is 15.0 Å². The molecule has 3 amide bonds. The lowest BCUT2D eigenvalue weighted by Gasteiger charge is -2.37. The third-order valence-corrected chi connectivity index (χ3v) is 15.1. The highest BCUT2D eigenvalue weighted by Crippen LogP contribution is 2.51. The maximum Gasteiger partial charge on any atom is 0.437 e. The van der Waals surface area contributed by atoms with Gasteiger partial charge in [-0.2, -0.15) is 13.2 Å². The number of hydrogen-bond acceptors (Lipinski definition) is 11. The van der Waals surface area contributed by atoms with Crippen LogP contribution in [0.5, 0.6) is 11.5 Å². The van der Waals surface area contributed by atoms with E-state index in [1.807, 2.05) is 6.08 Å². The van der Waals surface area contributed by atoms with E-state index >= 15 is 0 Å². The number of methoxy groups -OCH3 is 1. The first-order valence-corrected chi connectivity index (χ1v) is 21.8. The van der Waals surface area contributed by atoms with Gasteiger partial charge in [0.1, 0.15) is 29.0 Å². The van der Waals surface area contributed by atoms with Gasteiger partial charge >= 0.3 is 12.1 Å². The summed E-state index contributed by atoms with van der Waals surface area (Å²) in [6, 6.07) is 3.19. The number of carbonyl (C=O) groups excluding carboxylic acids is 4. The molecule has 5 heterocycles. The van der Waals surface area contributed by atoms with Gasteiger partial charge in [-0.25, -0.2) is 13.4 Å². The Bertz CT molecular complexity index is 2190. The van der Waals surface area contributed by atoms with Crippen molar-refractivity contribution in [2.45, 2.75) is 125 Å². The van der Waals surface area contributed by atoms with E-state index in [4.69, 9.17) is 18.9 Å². The average molecular weight is 847 g/mol. The molecule has 18 heteroatoms. The third-order valence-electron chi connectivity index (χ3n) is 13.0. The van der Waals surface area contributed by atoms with Crippen molar-refractivity contribution in [3.05, 3.63) is 41.6 Å². The highest BCUT2D eigenvalue weighted by molar-refractivity contribution is 7.91. The summed E-state index contributed by atoms with van der Waals surface area (Å²) in [5, 5.41) is 3.22. The summed E-state index contributed by atoms with van der Waals surface area (Å²) in [6.07, 6.45) is 2.22. The summed E-state index contributed by atoms with van der Waals surface area (Å²) >= 11 is 0. The summed E-state index contributed by atoms with van der Waals surface area (Å²) in [5.41, 5.74) is -4.04. The van der Waals surface area contributed by atoms with Crippen LogP contribution < -0.4 is 19.5 Å². The van der Waals surface area contributed by atoms with Crippen LogP contribution in [0.25, 0.3) is 10.9 Å². The molecule has 14 nitrogen and oxygen atoms in total. The number of aryl methyl sites for hydroxylation is 1. The van der Waals surface area contributed by atoms with Crippen molar-refractivity contribution in [3.8, 4) is 11.5 Å². The van der Waals surface area contributed by atoms with E-state index in [0.29, 0.717) is 56.3 Å². The van der Waals surface area contributed by atoms with Crippen molar-refractivity contribution >= 4 is 44.6 Å². The number of allylic oxidation sites excluding steroid dienone is 1. The van der Waals surface area contributed by atoms with Crippen molar-refractivity contribution < 1.29 is 59.7 Å². The largest absolute Gasteiger partial charge is 0.497 e. The van der Waals surface area contributed by atoms with E-state index < -0.39 is 91.2 Å². The number of fused-ring (bicyclic) bond motifs is 5. The summed E-state index contributed by atoms with van der Waals surface area (Å²) in [6.45, 7) is 1.91. The molecule has 6 aliphatic rings. The molecule has 8 rings (SSSR count). The van der Waals surface area contributed by atoms with E-state index in [0.717, 1.165) is 6.42 Å². The molecular formula is C41H49F3N4O10S. The van der Waals surface area contributed by atoms with Crippen molar-refractivity contribution in [3.63, 3.8) is 0 Å². The number of alkyl halides is 3.